The molecule has 10 atom stereocenters. The van der Waals surface area contributed by atoms with Gasteiger partial charge in [-0.05, 0) is 110 Å². The molecule has 0 aromatic heterocycles. The van der Waals surface area contributed by atoms with Crippen LogP contribution in [0.2, 0.25) is 0 Å². The van der Waals surface area contributed by atoms with E-state index in [9.17, 15) is 15.3 Å². The van der Waals surface area contributed by atoms with Crippen molar-refractivity contribution in [1.29, 1.82) is 0 Å². The average Bonchev–Trinajstić information content (AvgIpc) is 3.08. The molecule has 0 aliphatic heterocycles. The topological polar surface area (TPSA) is 69.9 Å². The summed E-state index contributed by atoms with van der Waals surface area (Å²) in [6.45, 7) is 16.1. The summed E-state index contributed by atoms with van der Waals surface area (Å²) in [5.74, 6) is 2.48. The Balaban J connectivity index is 1.57. The van der Waals surface area contributed by atoms with Crippen molar-refractivity contribution < 1.29 is 20.1 Å². The van der Waals surface area contributed by atoms with E-state index in [2.05, 4.69) is 47.6 Å². The van der Waals surface area contributed by atoms with Crippen LogP contribution in [0.3, 0.4) is 0 Å². The zero-order valence-electron chi connectivity index (χ0n) is 23.9. The third kappa shape index (κ3) is 3.99. The van der Waals surface area contributed by atoms with Crippen LogP contribution in [-0.4, -0.2) is 46.8 Å². The number of fused-ring (bicyclic) bond motifs is 5. The van der Waals surface area contributed by atoms with E-state index in [1.807, 2.05) is 7.11 Å². The summed E-state index contributed by atoms with van der Waals surface area (Å²) >= 11 is 0. The molecule has 3 N–H and O–H groups in total. The molecule has 1 unspecified atom stereocenters. The fourth-order valence-electron chi connectivity index (χ4n) is 10.1. The van der Waals surface area contributed by atoms with Crippen molar-refractivity contribution in [3.63, 3.8) is 0 Å². The molecule has 4 rings (SSSR count). The van der Waals surface area contributed by atoms with E-state index in [1.165, 1.54) is 39.0 Å². The van der Waals surface area contributed by atoms with Crippen LogP contribution < -0.4 is 0 Å². The van der Waals surface area contributed by atoms with Gasteiger partial charge in [0.1, 0.15) is 5.60 Å². The summed E-state index contributed by atoms with van der Waals surface area (Å²) < 4.78 is 5.98. The monoisotopic (exact) mass is 490 g/mol. The maximum absolute atomic E-state index is 10.5. The lowest BCUT2D eigenvalue weighted by Gasteiger charge is -2.64. The van der Waals surface area contributed by atoms with Crippen molar-refractivity contribution in [3.8, 4) is 0 Å². The molecule has 0 spiro atoms. The minimum absolute atomic E-state index is 0.207. The quantitative estimate of drug-likeness (QED) is 0.376. The largest absolute Gasteiger partial charge is 0.393 e. The zero-order chi connectivity index (χ0) is 26.0. The smallest absolute Gasteiger partial charge is 0.111 e. The molecular formula is C31H54O4. The first-order valence-electron chi connectivity index (χ1n) is 14.4. The summed E-state index contributed by atoms with van der Waals surface area (Å²) in [5.41, 5.74) is 1.45. The number of rotatable bonds is 7. The molecule has 0 aromatic carbocycles. The Bertz CT molecular complexity index is 817. The fraction of sp³-hybridized carbons (Fsp3) is 0.935. The Kier molecular flexibility index (Phi) is 7.18. The van der Waals surface area contributed by atoms with Crippen molar-refractivity contribution in [2.24, 2.45) is 45.3 Å². The highest BCUT2D eigenvalue weighted by atomic mass is 16.5. The number of ether oxygens (including phenoxy) is 1. The van der Waals surface area contributed by atoms with Crippen molar-refractivity contribution in [3.05, 3.63) is 11.6 Å². The first kappa shape index (κ1) is 27.6. The number of hydrogen-bond donors (Lipinski definition) is 3. The van der Waals surface area contributed by atoms with E-state index < -0.39 is 18.3 Å². The molecule has 0 bridgehead atoms. The normalized spacial score (nSPS) is 46.0. The maximum atomic E-state index is 10.5. The molecule has 35 heavy (non-hydrogen) atoms. The lowest BCUT2D eigenvalue weighted by Crippen LogP contribution is -2.58. The third-order valence-electron chi connectivity index (χ3n) is 12.7. The van der Waals surface area contributed by atoms with Crippen LogP contribution in [0.4, 0.5) is 0 Å². The SMILES string of the molecule is CO[C@H]1CC[C@]2(C)C3=CC[C@]4(C)[C@@H]([C@H](C)CC[C@H](O)C(C)(O)CO)CC[C@@]4(C)[C@@H]3CC[C@H]2C1(C)C. The minimum atomic E-state index is -1.42. The van der Waals surface area contributed by atoms with Crippen LogP contribution in [-0.2, 0) is 4.74 Å². The van der Waals surface area contributed by atoms with Crippen molar-refractivity contribution in [1.82, 2.24) is 0 Å². The lowest BCUT2D eigenvalue weighted by molar-refractivity contribution is -0.130. The molecule has 4 aliphatic carbocycles. The molecule has 3 fully saturated rings. The van der Waals surface area contributed by atoms with Crippen LogP contribution in [0.15, 0.2) is 11.6 Å². The molecular weight excluding hydrogens is 436 g/mol. The van der Waals surface area contributed by atoms with E-state index in [0.717, 1.165) is 19.3 Å². The van der Waals surface area contributed by atoms with E-state index in [-0.39, 0.29) is 16.2 Å². The second kappa shape index (κ2) is 9.10. The second-order valence-electron chi connectivity index (χ2n) is 14.6. The van der Waals surface area contributed by atoms with Crippen molar-refractivity contribution >= 4 is 0 Å². The molecule has 0 heterocycles. The van der Waals surface area contributed by atoms with Crippen LogP contribution in [0, 0.1) is 45.3 Å². The van der Waals surface area contributed by atoms with Crippen molar-refractivity contribution in [2.75, 3.05) is 13.7 Å². The summed E-state index contributed by atoms with van der Waals surface area (Å²) in [6.07, 6.45) is 12.3. The van der Waals surface area contributed by atoms with Gasteiger partial charge in [-0.15, -0.1) is 0 Å². The summed E-state index contributed by atoms with van der Waals surface area (Å²) in [6, 6.07) is 0. The van der Waals surface area contributed by atoms with Crippen LogP contribution >= 0.6 is 0 Å². The molecule has 0 radical (unpaired) electrons. The van der Waals surface area contributed by atoms with Gasteiger partial charge in [-0.25, -0.2) is 0 Å². The Labute approximate surface area is 214 Å². The van der Waals surface area contributed by atoms with E-state index in [1.54, 1.807) is 5.57 Å². The molecule has 0 saturated heterocycles. The highest BCUT2D eigenvalue weighted by Gasteiger charge is 2.65. The maximum Gasteiger partial charge on any atom is 0.111 e. The Hall–Kier alpha value is -0.420. The van der Waals surface area contributed by atoms with Gasteiger partial charge in [-0.2, -0.15) is 0 Å². The van der Waals surface area contributed by atoms with Gasteiger partial charge in [0.15, 0.2) is 0 Å². The fourth-order valence-corrected chi connectivity index (χ4v) is 10.1. The molecule has 0 amide bonds. The standard InChI is InChI=1S/C31H54O4/c1-20(9-12-25(33)31(7,34)19-32)21-13-17-30(6)23-10-11-24-27(2,3)26(35-8)15-16-28(24,4)22(23)14-18-29(21,30)5/h14,20-21,23-26,32-34H,9-13,15-19H2,1-8H3/t20-,21-,23-,24+,25+,26+,28-,29-,30+,31?/m1/s1. The van der Waals surface area contributed by atoms with Crippen molar-refractivity contribution in [2.45, 2.75) is 124 Å². The lowest BCUT2D eigenvalue weighted by atomic mass is 9.41. The molecule has 0 aromatic rings. The third-order valence-corrected chi connectivity index (χ3v) is 12.7. The number of allylic oxidation sites excluding steroid dienone is 2. The minimum Gasteiger partial charge on any atom is -0.393 e. The highest BCUT2D eigenvalue weighted by molar-refractivity contribution is 5.32. The summed E-state index contributed by atoms with van der Waals surface area (Å²) in [5, 5.41) is 30.1. The van der Waals surface area contributed by atoms with Gasteiger partial charge in [0.25, 0.3) is 0 Å². The van der Waals surface area contributed by atoms with E-state index in [0.29, 0.717) is 41.6 Å². The predicted octanol–water partition coefficient (Wildman–Crippen LogP) is 6.13. The average molecular weight is 491 g/mol. The first-order chi connectivity index (χ1) is 16.2. The van der Waals surface area contributed by atoms with E-state index >= 15 is 0 Å². The van der Waals surface area contributed by atoms with Gasteiger partial charge in [0.05, 0.1) is 18.8 Å². The number of aliphatic hydroxyl groups is 3. The molecule has 3 saturated carbocycles. The van der Waals surface area contributed by atoms with Gasteiger partial charge >= 0.3 is 0 Å². The van der Waals surface area contributed by atoms with Crippen LogP contribution in [0.5, 0.6) is 0 Å². The van der Waals surface area contributed by atoms with Gasteiger partial charge < -0.3 is 20.1 Å². The zero-order valence-corrected chi connectivity index (χ0v) is 23.9. The second-order valence-corrected chi connectivity index (χ2v) is 14.6. The number of hydrogen-bond acceptors (Lipinski definition) is 4. The predicted molar refractivity (Wildman–Crippen MR) is 142 cm³/mol. The Morgan fingerprint density at radius 1 is 1.03 bits per heavy atom. The van der Waals surface area contributed by atoms with Gasteiger partial charge in [-0.3, -0.25) is 0 Å². The van der Waals surface area contributed by atoms with Gasteiger partial charge in [0, 0.05) is 7.11 Å². The summed E-state index contributed by atoms with van der Waals surface area (Å²) in [7, 11) is 1.90. The molecule has 4 aliphatic rings. The molecule has 4 heteroatoms. The van der Waals surface area contributed by atoms with Crippen LogP contribution in [0.1, 0.15) is 106 Å². The number of methoxy groups -OCH3 is 1. The Morgan fingerprint density at radius 3 is 2.34 bits per heavy atom. The van der Waals surface area contributed by atoms with Crippen LogP contribution in [0.25, 0.3) is 0 Å². The Morgan fingerprint density at radius 2 is 1.71 bits per heavy atom. The van der Waals surface area contributed by atoms with E-state index in [4.69, 9.17) is 4.74 Å². The molecule has 202 valence electrons. The molecule has 4 nitrogen and oxygen atoms in total. The van der Waals surface area contributed by atoms with Gasteiger partial charge in [-0.1, -0.05) is 53.2 Å². The summed E-state index contributed by atoms with van der Waals surface area (Å²) in [4.78, 5) is 0. The van der Waals surface area contributed by atoms with Gasteiger partial charge in [0.2, 0.25) is 0 Å². The highest BCUT2D eigenvalue weighted by Crippen LogP contribution is 2.73. The number of aliphatic hydroxyl groups excluding tert-OH is 2. The first-order valence-corrected chi connectivity index (χ1v) is 14.4.